The highest BCUT2D eigenvalue weighted by molar-refractivity contribution is 5.78. The van der Waals surface area contributed by atoms with Crippen molar-refractivity contribution in [3.8, 4) is 0 Å². The largest absolute Gasteiger partial charge is 0.354 e. The maximum absolute atomic E-state index is 12.2. The third-order valence-electron chi connectivity index (χ3n) is 5.53. The lowest BCUT2D eigenvalue weighted by atomic mass is 9.92. The summed E-state index contributed by atoms with van der Waals surface area (Å²) in [7, 11) is 0. The minimum atomic E-state index is 0.200. The molecular weight excluding hydrogens is 248 g/mol. The molecule has 1 heterocycles. The van der Waals surface area contributed by atoms with E-state index in [1.54, 1.807) is 0 Å². The molecule has 116 valence electrons. The van der Waals surface area contributed by atoms with E-state index < -0.39 is 0 Å². The standard InChI is InChI=1S/C17H32N2O/c1-13-8-10-19(11-9-13)14(2)12-18-17(20)15(3)16-6-4-5-7-16/h13-16H,4-12H2,1-3H3,(H,18,20). The molecule has 20 heavy (non-hydrogen) atoms. The van der Waals surface area contributed by atoms with Gasteiger partial charge < -0.3 is 5.32 Å². The van der Waals surface area contributed by atoms with Crippen molar-refractivity contribution in [2.45, 2.75) is 65.3 Å². The minimum absolute atomic E-state index is 0.200. The van der Waals surface area contributed by atoms with Crippen molar-refractivity contribution in [2.75, 3.05) is 19.6 Å². The van der Waals surface area contributed by atoms with Gasteiger partial charge in [0.15, 0.2) is 0 Å². The first kappa shape index (κ1) is 15.8. The Morgan fingerprint density at radius 1 is 1.15 bits per heavy atom. The summed E-state index contributed by atoms with van der Waals surface area (Å²) >= 11 is 0. The van der Waals surface area contributed by atoms with E-state index in [0.717, 1.165) is 12.5 Å². The number of carbonyl (C=O) groups is 1. The third-order valence-corrected chi connectivity index (χ3v) is 5.53. The van der Waals surface area contributed by atoms with Gasteiger partial charge in [-0.15, -0.1) is 0 Å². The molecule has 0 radical (unpaired) electrons. The number of nitrogens with one attached hydrogen (secondary N) is 1. The fraction of sp³-hybridized carbons (Fsp3) is 0.941. The fourth-order valence-electron chi connectivity index (χ4n) is 3.68. The molecule has 2 unspecified atom stereocenters. The van der Waals surface area contributed by atoms with E-state index in [1.165, 1.54) is 51.6 Å². The number of piperidine rings is 1. The van der Waals surface area contributed by atoms with Crippen molar-refractivity contribution in [3.63, 3.8) is 0 Å². The van der Waals surface area contributed by atoms with Gasteiger partial charge in [0, 0.05) is 18.5 Å². The molecule has 2 rings (SSSR count). The number of hydrogen-bond acceptors (Lipinski definition) is 2. The predicted molar refractivity (Wildman–Crippen MR) is 83.6 cm³/mol. The molecule has 0 aromatic rings. The molecular formula is C17H32N2O. The molecule has 3 nitrogen and oxygen atoms in total. The highest BCUT2D eigenvalue weighted by Gasteiger charge is 2.27. The van der Waals surface area contributed by atoms with Crippen molar-refractivity contribution in [1.82, 2.24) is 10.2 Å². The van der Waals surface area contributed by atoms with Crippen LogP contribution in [0, 0.1) is 17.8 Å². The molecule has 0 aromatic carbocycles. The molecule has 1 saturated heterocycles. The van der Waals surface area contributed by atoms with Crippen LogP contribution in [0.15, 0.2) is 0 Å². The van der Waals surface area contributed by atoms with Gasteiger partial charge in [-0.25, -0.2) is 0 Å². The monoisotopic (exact) mass is 280 g/mol. The van der Waals surface area contributed by atoms with E-state index in [4.69, 9.17) is 0 Å². The quantitative estimate of drug-likeness (QED) is 0.839. The summed E-state index contributed by atoms with van der Waals surface area (Å²) in [5.74, 6) is 1.97. The van der Waals surface area contributed by atoms with Crippen LogP contribution in [-0.4, -0.2) is 36.5 Å². The summed E-state index contributed by atoms with van der Waals surface area (Å²) in [5, 5.41) is 3.19. The number of hydrogen-bond donors (Lipinski definition) is 1. The van der Waals surface area contributed by atoms with Gasteiger partial charge in [-0.1, -0.05) is 26.7 Å². The van der Waals surface area contributed by atoms with E-state index in [1.807, 2.05) is 0 Å². The van der Waals surface area contributed by atoms with Crippen LogP contribution in [0.4, 0.5) is 0 Å². The van der Waals surface area contributed by atoms with E-state index in [2.05, 4.69) is 31.0 Å². The second-order valence-corrected chi connectivity index (χ2v) is 7.15. The lowest BCUT2D eigenvalue weighted by Crippen LogP contribution is -2.46. The van der Waals surface area contributed by atoms with Crippen LogP contribution in [0.5, 0.6) is 0 Å². The highest BCUT2D eigenvalue weighted by atomic mass is 16.1. The Hall–Kier alpha value is -0.570. The number of carbonyl (C=O) groups excluding carboxylic acids is 1. The second kappa shape index (κ2) is 7.44. The summed E-state index contributed by atoms with van der Waals surface area (Å²) in [6.45, 7) is 9.89. The molecule has 0 bridgehead atoms. The van der Waals surface area contributed by atoms with Crippen LogP contribution in [0.2, 0.25) is 0 Å². The summed E-state index contributed by atoms with van der Waals surface area (Å²) in [5.41, 5.74) is 0. The lowest BCUT2D eigenvalue weighted by Gasteiger charge is -2.35. The van der Waals surface area contributed by atoms with Crippen molar-refractivity contribution in [3.05, 3.63) is 0 Å². The first-order valence-electron chi connectivity index (χ1n) is 8.59. The smallest absolute Gasteiger partial charge is 0.223 e. The van der Waals surface area contributed by atoms with Gasteiger partial charge in [0.1, 0.15) is 0 Å². The molecule has 1 N–H and O–H groups in total. The fourth-order valence-corrected chi connectivity index (χ4v) is 3.68. The second-order valence-electron chi connectivity index (χ2n) is 7.15. The molecule has 2 fully saturated rings. The Bertz CT molecular complexity index is 304. The third kappa shape index (κ3) is 4.21. The molecule has 0 spiro atoms. The molecule has 2 atom stereocenters. The highest BCUT2D eigenvalue weighted by Crippen LogP contribution is 2.31. The van der Waals surface area contributed by atoms with Crippen molar-refractivity contribution < 1.29 is 4.79 Å². The van der Waals surface area contributed by atoms with Crippen molar-refractivity contribution in [2.24, 2.45) is 17.8 Å². The summed E-state index contributed by atoms with van der Waals surface area (Å²) in [6, 6.07) is 0.474. The molecule has 3 heteroatoms. The van der Waals surface area contributed by atoms with Crippen LogP contribution in [0.1, 0.15) is 59.3 Å². The van der Waals surface area contributed by atoms with Crippen LogP contribution < -0.4 is 5.32 Å². The molecule has 1 saturated carbocycles. The topological polar surface area (TPSA) is 32.3 Å². The van der Waals surface area contributed by atoms with E-state index in [9.17, 15) is 4.79 Å². The van der Waals surface area contributed by atoms with Crippen LogP contribution in [-0.2, 0) is 4.79 Å². The minimum Gasteiger partial charge on any atom is -0.354 e. The first-order chi connectivity index (χ1) is 9.58. The lowest BCUT2D eigenvalue weighted by molar-refractivity contribution is -0.126. The zero-order chi connectivity index (χ0) is 14.5. The SMILES string of the molecule is CC1CCN(C(C)CNC(=O)C(C)C2CCCC2)CC1. The van der Waals surface area contributed by atoms with E-state index in [0.29, 0.717) is 12.0 Å². The maximum Gasteiger partial charge on any atom is 0.223 e. The molecule has 2 aliphatic rings. The normalized spacial score (nSPS) is 25.6. The van der Waals surface area contributed by atoms with Crippen molar-refractivity contribution >= 4 is 5.91 Å². The van der Waals surface area contributed by atoms with Gasteiger partial charge in [0.05, 0.1) is 0 Å². The summed E-state index contributed by atoms with van der Waals surface area (Å²) in [4.78, 5) is 14.8. The van der Waals surface area contributed by atoms with Gasteiger partial charge in [0.25, 0.3) is 0 Å². The average molecular weight is 280 g/mol. The van der Waals surface area contributed by atoms with Crippen LogP contribution in [0.3, 0.4) is 0 Å². The Morgan fingerprint density at radius 2 is 1.75 bits per heavy atom. The molecule has 1 aliphatic carbocycles. The van der Waals surface area contributed by atoms with Crippen LogP contribution >= 0.6 is 0 Å². The van der Waals surface area contributed by atoms with Gasteiger partial charge in [0.2, 0.25) is 5.91 Å². The Morgan fingerprint density at radius 3 is 2.35 bits per heavy atom. The Labute approximate surface area is 124 Å². The van der Waals surface area contributed by atoms with E-state index >= 15 is 0 Å². The Kier molecular flexibility index (Phi) is 5.88. The zero-order valence-corrected chi connectivity index (χ0v) is 13.5. The zero-order valence-electron chi connectivity index (χ0n) is 13.5. The van der Waals surface area contributed by atoms with Crippen LogP contribution in [0.25, 0.3) is 0 Å². The molecule has 1 amide bonds. The predicted octanol–water partition coefficient (Wildman–Crippen LogP) is 3.05. The number of rotatable bonds is 5. The number of amides is 1. The van der Waals surface area contributed by atoms with E-state index in [-0.39, 0.29) is 11.8 Å². The van der Waals surface area contributed by atoms with Gasteiger partial charge in [-0.05, 0) is 57.5 Å². The van der Waals surface area contributed by atoms with Gasteiger partial charge >= 0.3 is 0 Å². The van der Waals surface area contributed by atoms with Gasteiger partial charge in [-0.2, -0.15) is 0 Å². The number of nitrogens with zero attached hydrogens (tertiary/aromatic N) is 1. The maximum atomic E-state index is 12.2. The van der Waals surface area contributed by atoms with Gasteiger partial charge in [-0.3, -0.25) is 9.69 Å². The molecule has 1 aliphatic heterocycles. The summed E-state index contributed by atoms with van der Waals surface area (Å²) in [6.07, 6.45) is 7.71. The average Bonchev–Trinajstić information content (AvgIpc) is 2.98. The number of likely N-dealkylation sites (tertiary alicyclic amines) is 1. The van der Waals surface area contributed by atoms with Crippen molar-refractivity contribution in [1.29, 1.82) is 0 Å². The molecule has 0 aromatic heterocycles. The first-order valence-corrected chi connectivity index (χ1v) is 8.59. The Balaban J connectivity index is 1.69. The summed E-state index contributed by atoms with van der Waals surface area (Å²) < 4.78 is 0.